The highest BCUT2D eigenvalue weighted by atomic mass is 19.1. The van der Waals surface area contributed by atoms with Crippen LogP contribution in [0.4, 0.5) is 10.1 Å². The van der Waals surface area contributed by atoms with Gasteiger partial charge < -0.3 is 10.6 Å². The van der Waals surface area contributed by atoms with E-state index >= 15 is 0 Å². The number of nitrogens with one attached hydrogen (secondary N) is 2. The SMILES string of the molecule is CCCC(=O)NCC(=O)Nc1ccccc1F. The van der Waals surface area contributed by atoms with Crippen LogP contribution in [-0.2, 0) is 9.59 Å². The minimum atomic E-state index is -0.499. The van der Waals surface area contributed by atoms with Gasteiger partial charge in [0, 0.05) is 6.42 Å². The van der Waals surface area contributed by atoms with E-state index in [0.29, 0.717) is 6.42 Å². The summed E-state index contributed by atoms with van der Waals surface area (Å²) >= 11 is 0. The molecule has 92 valence electrons. The number of rotatable bonds is 5. The maximum atomic E-state index is 13.2. The van der Waals surface area contributed by atoms with Crippen LogP contribution in [0.5, 0.6) is 0 Å². The smallest absolute Gasteiger partial charge is 0.243 e. The Morgan fingerprint density at radius 1 is 1.24 bits per heavy atom. The molecule has 0 radical (unpaired) electrons. The van der Waals surface area contributed by atoms with Crippen molar-refractivity contribution in [2.75, 3.05) is 11.9 Å². The van der Waals surface area contributed by atoms with Crippen LogP contribution >= 0.6 is 0 Å². The van der Waals surface area contributed by atoms with Gasteiger partial charge in [-0.1, -0.05) is 19.1 Å². The molecule has 0 aromatic heterocycles. The van der Waals surface area contributed by atoms with Gasteiger partial charge >= 0.3 is 0 Å². The van der Waals surface area contributed by atoms with Crippen LogP contribution in [0.3, 0.4) is 0 Å². The molecule has 2 N–H and O–H groups in total. The van der Waals surface area contributed by atoms with E-state index in [4.69, 9.17) is 0 Å². The van der Waals surface area contributed by atoms with Crippen LogP contribution in [-0.4, -0.2) is 18.4 Å². The summed E-state index contributed by atoms with van der Waals surface area (Å²) in [7, 11) is 0. The van der Waals surface area contributed by atoms with E-state index in [9.17, 15) is 14.0 Å². The molecule has 0 saturated heterocycles. The summed E-state index contributed by atoms with van der Waals surface area (Å²) in [6.07, 6.45) is 1.10. The molecule has 0 heterocycles. The highest BCUT2D eigenvalue weighted by molar-refractivity contribution is 5.94. The topological polar surface area (TPSA) is 58.2 Å². The van der Waals surface area contributed by atoms with E-state index in [1.165, 1.54) is 18.2 Å². The van der Waals surface area contributed by atoms with Gasteiger partial charge in [-0.2, -0.15) is 0 Å². The van der Waals surface area contributed by atoms with Crippen molar-refractivity contribution >= 4 is 17.5 Å². The molecule has 0 unspecified atom stereocenters. The van der Waals surface area contributed by atoms with Crippen LogP contribution in [0.2, 0.25) is 0 Å². The Balaban J connectivity index is 2.40. The Bertz CT molecular complexity index is 407. The van der Waals surface area contributed by atoms with Gasteiger partial charge in [-0.25, -0.2) is 4.39 Å². The monoisotopic (exact) mass is 238 g/mol. The molecule has 4 nitrogen and oxygen atoms in total. The van der Waals surface area contributed by atoms with E-state index in [-0.39, 0.29) is 18.1 Å². The van der Waals surface area contributed by atoms with Gasteiger partial charge in [0.2, 0.25) is 11.8 Å². The second kappa shape index (κ2) is 6.62. The van der Waals surface area contributed by atoms with Crippen molar-refractivity contribution in [2.24, 2.45) is 0 Å². The molecule has 0 aliphatic rings. The fourth-order valence-corrected chi connectivity index (χ4v) is 1.25. The maximum Gasteiger partial charge on any atom is 0.243 e. The van der Waals surface area contributed by atoms with E-state index in [2.05, 4.69) is 10.6 Å². The minimum absolute atomic E-state index is 0.113. The lowest BCUT2D eigenvalue weighted by molar-refractivity contribution is -0.124. The predicted molar refractivity (Wildman–Crippen MR) is 62.9 cm³/mol. The average Bonchev–Trinajstić information content (AvgIpc) is 2.30. The molecule has 17 heavy (non-hydrogen) atoms. The molecule has 0 spiro atoms. The second-order valence-electron chi connectivity index (χ2n) is 3.55. The molecule has 0 aliphatic carbocycles. The quantitative estimate of drug-likeness (QED) is 0.820. The zero-order valence-corrected chi connectivity index (χ0v) is 9.63. The molecular weight excluding hydrogens is 223 g/mol. The Morgan fingerprint density at radius 2 is 1.94 bits per heavy atom. The van der Waals surface area contributed by atoms with Crippen molar-refractivity contribution < 1.29 is 14.0 Å². The van der Waals surface area contributed by atoms with Crippen molar-refractivity contribution in [1.29, 1.82) is 0 Å². The van der Waals surface area contributed by atoms with Crippen LogP contribution in [0, 0.1) is 5.82 Å². The Kier molecular flexibility index (Phi) is 5.13. The molecule has 1 aromatic carbocycles. The fraction of sp³-hybridized carbons (Fsp3) is 0.333. The summed E-state index contributed by atoms with van der Waals surface area (Å²) in [4.78, 5) is 22.5. The second-order valence-corrected chi connectivity index (χ2v) is 3.55. The summed E-state index contributed by atoms with van der Waals surface area (Å²) in [6, 6.07) is 5.87. The van der Waals surface area contributed by atoms with Gasteiger partial charge in [0.25, 0.3) is 0 Å². The zero-order chi connectivity index (χ0) is 12.7. The summed E-state index contributed by atoms with van der Waals surface area (Å²) < 4.78 is 13.2. The van der Waals surface area contributed by atoms with Crippen LogP contribution in [0.25, 0.3) is 0 Å². The first-order chi connectivity index (χ1) is 8.13. The lowest BCUT2D eigenvalue weighted by Gasteiger charge is -2.07. The zero-order valence-electron chi connectivity index (χ0n) is 9.63. The standard InChI is InChI=1S/C12H15FN2O2/c1-2-5-11(16)14-8-12(17)15-10-7-4-3-6-9(10)13/h3-4,6-7H,2,5,8H2,1H3,(H,14,16)(H,15,17). The molecule has 5 heteroatoms. The molecule has 1 aromatic rings. The third-order valence-electron chi connectivity index (χ3n) is 2.07. The normalized spacial score (nSPS) is 9.76. The highest BCUT2D eigenvalue weighted by Gasteiger charge is 2.07. The first-order valence-electron chi connectivity index (χ1n) is 5.44. The number of halogens is 1. The minimum Gasteiger partial charge on any atom is -0.347 e. The maximum absolute atomic E-state index is 13.2. The summed E-state index contributed by atoms with van der Waals surface area (Å²) in [5.74, 6) is -1.13. The van der Waals surface area contributed by atoms with Crippen molar-refractivity contribution in [3.05, 3.63) is 30.1 Å². The molecule has 0 saturated carbocycles. The van der Waals surface area contributed by atoms with E-state index in [0.717, 1.165) is 6.42 Å². The van der Waals surface area contributed by atoms with Crippen LogP contribution < -0.4 is 10.6 Å². The summed E-state index contributed by atoms with van der Waals surface area (Å²) in [5, 5.41) is 4.83. The number of hydrogen-bond donors (Lipinski definition) is 2. The first kappa shape index (κ1) is 13.2. The van der Waals surface area contributed by atoms with Crippen LogP contribution in [0.15, 0.2) is 24.3 Å². The average molecular weight is 238 g/mol. The van der Waals surface area contributed by atoms with E-state index in [1.54, 1.807) is 6.07 Å². The van der Waals surface area contributed by atoms with Gasteiger partial charge in [0.1, 0.15) is 5.82 Å². The molecular formula is C12H15FN2O2. The number of anilines is 1. The van der Waals surface area contributed by atoms with Gasteiger partial charge in [-0.3, -0.25) is 9.59 Å². The first-order valence-corrected chi connectivity index (χ1v) is 5.44. The molecule has 2 amide bonds. The van der Waals surface area contributed by atoms with Crippen molar-refractivity contribution in [1.82, 2.24) is 5.32 Å². The van der Waals surface area contributed by atoms with Crippen molar-refractivity contribution in [2.45, 2.75) is 19.8 Å². The number of amides is 2. The Morgan fingerprint density at radius 3 is 2.59 bits per heavy atom. The van der Waals surface area contributed by atoms with E-state index < -0.39 is 11.7 Å². The lowest BCUT2D eigenvalue weighted by Crippen LogP contribution is -2.32. The Labute approximate surface area is 99.2 Å². The summed E-state index contributed by atoms with van der Waals surface area (Å²) in [6.45, 7) is 1.73. The molecule has 1 rings (SSSR count). The van der Waals surface area contributed by atoms with Gasteiger partial charge in [-0.15, -0.1) is 0 Å². The summed E-state index contributed by atoms with van der Waals surface area (Å²) in [5.41, 5.74) is 0.113. The molecule has 0 fully saturated rings. The molecule has 0 bridgehead atoms. The molecule has 0 atom stereocenters. The van der Waals surface area contributed by atoms with Crippen LogP contribution in [0.1, 0.15) is 19.8 Å². The fourth-order valence-electron chi connectivity index (χ4n) is 1.25. The van der Waals surface area contributed by atoms with Crippen molar-refractivity contribution in [3.8, 4) is 0 Å². The Hall–Kier alpha value is -1.91. The van der Waals surface area contributed by atoms with Crippen molar-refractivity contribution in [3.63, 3.8) is 0 Å². The van der Waals surface area contributed by atoms with Gasteiger partial charge in [0.05, 0.1) is 12.2 Å². The highest BCUT2D eigenvalue weighted by Crippen LogP contribution is 2.11. The van der Waals surface area contributed by atoms with Gasteiger partial charge in [0.15, 0.2) is 0 Å². The number of carbonyl (C=O) groups is 2. The predicted octanol–water partition coefficient (Wildman–Crippen LogP) is 1.68. The third-order valence-corrected chi connectivity index (χ3v) is 2.07. The lowest BCUT2D eigenvalue weighted by atomic mass is 10.3. The number of benzene rings is 1. The van der Waals surface area contributed by atoms with Gasteiger partial charge in [-0.05, 0) is 18.6 Å². The largest absolute Gasteiger partial charge is 0.347 e. The molecule has 0 aliphatic heterocycles. The third kappa shape index (κ3) is 4.63. The van der Waals surface area contributed by atoms with E-state index in [1.807, 2.05) is 6.92 Å². The number of hydrogen-bond acceptors (Lipinski definition) is 2. The number of carbonyl (C=O) groups excluding carboxylic acids is 2. The number of para-hydroxylation sites is 1.